The van der Waals surface area contributed by atoms with Gasteiger partial charge in [0, 0.05) is 44.6 Å². The highest BCUT2D eigenvalue weighted by Gasteiger charge is 2.19. The zero-order valence-corrected chi connectivity index (χ0v) is 18.3. The van der Waals surface area contributed by atoms with Gasteiger partial charge in [-0.1, -0.05) is 19.0 Å². The van der Waals surface area contributed by atoms with Crippen molar-refractivity contribution in [2.24, 2.45) is 10.9 Å². The molecule has 0 aliphatic carbocycles. The number of hydrogen-bond donors (Lipinski definition) is 1. The van der Waals surface area contributed by atoms with Crippen molar-refractivity contribution in [3.05, 3.63) is 17.5 Å². The van der Waals surface area contributed by atoms with E-state index < -0.39 is 0 Å². The molecule has 25 heavy (non-hydrogen) atoms. The minimum atomic E-state index is 0. The van der Waals surface area contributed by atoms with Crippen LogP contribution in [-0.2, 0) is 11.3 Å². The summed E-state index contributed by atoms with van der Waals surface area (Å²) >= 11 is 0. The van der Waals surface area contributed by atoms with E-state index in [2.05, 4.69) is 49.3 Å². The maximum atomic E-state index is 5.47. The first-order chi connectivity index (χ1) is 11.7. The minimum Gasteiger partial charge on any atom is -0.381 e. The topological polar surface area (TPSA) is 62.9 Å². The Kier molecular flexibility index (Phi) is 10.4. The summed E-state index contributed by atoms with van der Waals surface area (Å²) in [5.41, 5.74) is 1.05. The van der Waals surface area contributed by atoms with E-state index in [4.69, 9.17) is 14.3 Å². The lowest BCUT2D eigenvalue weighted by Crippen LogP contribution is -2.41. The van der Waals surface area contributed by atoms with E-state index in [-0.39, 0.29) is 24.0 Å². The second kappa shape index (κ2) is 11.7. The summed E-state index contributed by atoms with van der Waals surface area (Å²) in [4.78, 5) is 6.89. The van der Waals surface area contributed by atoms with E-state index in [0.717, 1.165) is 63.0 Å². The fourth-order valence-corrected chi connectivity index (χ4v) is 3.13. The molecule has 0 aromatic carbocycles. The monoisotopic (exact) mass is 464 g/mol. The number of ether oxygens (including phenoxy) is 1. The third-order valence-corrected chi connectivity index (χ3v) is 4.62. The Balaban J connectivity index is 0.00000312. The highest BCUT2D eigenvalue weighted by atomic mass is 127. The van der Waals surface area contributed by atoms with Crippen LogP contribution >= 0.6 is 24.0 Å². The summed E-state index contributed by atoms with van der Waals surface area (Å²) in [7, 11) is 2.08. The van der Waals surface area contributed by atoms with Crippen LogP contribution in [0.25, 0.3) is 0 Å². The van der Waals surface area contributed by atoms with Gasteiger partial charge in [0.2, 0.25) is 0 Å². The van der Waals surface area contributed by atoms with Crippen LogP contribution in [0.4, 0.5) is 0 Å². The Morgan fingerprint density at radius 3 is 2.76 bits per heavy atom. The van der Waals surface area contributed by atoms with Crippen molar-refractivity contribution in [2.45, 2.75) is 52.5 Å². The van der Waals surface area contributed by atoms with Crippen molar-refractivity contribution >= 4 is 29.9 Å². The largest absolute Gasteiger partial charge is 0.381 e. The smallest absolute Gasteiger partial charge is 0.194 e. The van der Waals surface area contributed by atoms with Crippen molar-refractivity contribution < 1.29 is 9.26 Å². The van der Waals surface area contributed by atoms with Crippen LogP contribution in [0.2, 0.25) is 0 Å². The molecule has 2 rings (SSSR count). The molecule has 1 unspecified atom stereocenters. The van der Waals surface area contributed by atoms with Gasteiger partial charge in [0.1, 0.15) is 6.54 Å². The van der Waals surface area contributed by atoms with Gasteiger partial charge in [0.05, 0.1) is 12.3 Å². The van der Waals surface area contributed by atoms with Gasteiger partial charge in [-0.3, -0.25) is 0 Å². The fourth-order valence-electron chi connectivity index (χ4n) is 3.13. The third kappa shape index (κ3) is 6.77. The number of hydrogen-bond acceptors (Lipinski definition) is 4. The van der Waals surface area contributed by atoms with E-state index >= 15 is 0 Å². The fraction of sp³-hybridized carbons (Fsp3) is 0.778. The Bertz CT molecular complexity index is 511. The van der Waals surface area contributed by atoms with Crippen LogP contribution in [0.3, 0.4) is 0 Å². The quantitative estimate of drug-likeness (QED) is 0.362. The zero-order chi connectivity index (χ0) is 17.4. The number of nitrogens with zero attached hydrogens (tertiary/aromatic N) is 3. The molecule has 0 saturated carbocycles. The molecule has 6 nitrogen and oxygen atoms in total. The molecule has 2 heterocycles. The number of nitrogens with one attached hydrogen (secondary N) is 1. The molecule has 7 heteroatoms. The number of aromatic nitrogens is 1. The van der Waals surface area contributed by atoms with Crippen molar-refractivity contribution in [1.82, 2.24) is 15.4 Å². The number of rotatable bonds is 8. The van der Waals surface area contributed by atoms with E-state index in [0.29, 0.717) is 18.4 Å². The number of halogens is 1. The van der Waals surface area contributed by atoms with Gasteiger partial charge in [-0.05, 0) is 26.2 Å². The summed E-state index contributed by atoms with van der Waals surface area (Å²) in [5.74, 6) is 2.80. The normalized spacial score (nSPS) is 17.6. The standard InChI is InChI=1S/C18H32N4O2.HI/c1-5-15(6-2)17-10-16(24-21-17)11-20-18(19-7-3)22(4)12-14-8-9-23-13-14;/h10,14-15H,5-9,11-13H2,1-4H3,(H,19,20);1H. The van der Waals surface area contributed by atoms with Gasteiger partial charge >= 0.3 is 0 Å². The Labute approximate surface area is 168 Å². The van der Waals surface area contributed by atoms with Crippen LogP contribution in [-0.4, -0.2) is 49.4 Å². The summed E-state index contributed by atoms with van der Waals surface area (Å²) < 4.78 is 10.9. The van der Waals surface area contributed by atoms with Crippen LogP contribution in [0.5, 0.6) is 0 Å². The summed E-state index contributed by atoms with van der Waals surface area (Å²) in [6, 6.07) is 2.05. The second-order valence-corrected chi connectivity index (χ2v) is 6.51. The molecule has 144 valence electrons. The van der Waals surface area contributed by atoms with Crippen molar-refractivity contribution in [3.8, 4) is 0 Å². The number of aliphatic imine (C=N–C) groups is 1. The first-order valence-electron chi connectivity index (χ1n) is 9.20. The molecule has 1 aliphatic rings. The van der Waals surface area contributed by atoms with Crippen LogP contribution in [0, 0.1) is 5.92 Å². The SMILES string of the molecule is CCNC(=NCc1cc(C(CC)CC)no1)N(C)CC1CCOC1.I. The first kappa shape index (κ1) is 22.2. The molecule has 1 aromatic rings. The predicted octanol–water partition coefficient (Wildman–Crippen LogP) is 3.63. The molecule has 1 N–H and O–H groups in total. The average molecular weight is 464 g/mol. The van der Waals surface area contributed by atoms with Crippen LogP contribution < -0.4 is 5.32 Å². The van der Waals surface area contributed by atoms with Gasteiger partial charge in [-0.2, -0.15) is 0 Å². The lowest BCUT2D eigenvalue weighted by molar-refractivity contribution is 0.181. The van der Waals surface area contributed by atoms with Crippen LogP contribution in [0.1, 0.15) is 57.4 Å². The van der Waals surface area contributed by atoms with Gasteiger partial charge in [-0.25, -0.2) is 4.99 Å². The Morgan fingerprint density at radius 1 is 1.40 bits per heavy atom. The predicted molar refractivity (Wildman–Crippen MR) is 112 cm³/mol. The molecular formula is C18H33IN4O2. The van der Waals surface area contributed by atoms with Gasteiger partial charge in [0.15, 0.2) is 11.7 Å². The molecule has 0 bridgehead atoms. The molecule has 1 aliphatic heterocycles. The van der Waals surface area contributed by atoms with E-state index in [1.807, 2.05) is 0 Å². The third-order valence-electron chi connectivity index (χ3n) is 4.62. The second-order valence-electron chi connectivity index (χ2n) is 6.51. The van der Waals surface area contributed by atoms with Crippen molar-refractivity contribution in [1.29, 1.82) is 0 Å². The van der Waals surface area contributed by atoms with Gasteiger partial charge in [-0.15, -0.1) is 24.0 Å². The van der Waals surface area contributed by atoms with Gasteiger partial charge < -0.3 is 19.5 Å². The lowest BCUT2D eigenvalue weighted by Gasteiger charge is -2.24. The minimum absolute atomic E-state index is 0. The summed E-state index contributed by atoms with van der Waals surface area (Å²) in [5, 5.41) is 7.57. The first-order valence-corrected chi connectivity index (χ1v) is 9.20. The van der Waals surface area contributed by atoms with Crippen molar-refractivity contribution in [2.75, 3.05) is 33.4 Å². The summed E-state index contributed by atoms with van der Waals surface area (Å²) in [6.45, 7) is 10.5. The van der Waals surface area contributed by atoms with Gasteiger partial charge in [0.25, 0.3) is 0 Å². The molecule has 0 amide bonds. The highest BCUT2D eigenvalue weighted by molar-refractivity contribution is 14.0. The number of guanidine groups is 1. The summed E-state index contributed by atoms with van der Waals surface area (Å²) in [6.07, 6.45) is 3.30. The maximum Gasteiger partial charge on any atom is 0.194 e. The lowest BCUT2D eigenvalue weighted by atomic mass is 9.99. The zero-order valence-electron chi connectivity index (χ0n) is 16.0. The van der Waals surface area contributed by atoms with E-state index in [1.54, 1.807) is 0 Å². The molecule has 0 radical (unpaired) electrons. The molecular weight excluding hydrogens is 431 g/mol. The molecule has 1 aromatic heterocycles. The maximum absolute atomic E-state index is 5.47. The van der Waals surface area contributed by atoms with Crippen LogP contribution in [0.15, 0.2) is 15.6 Å². The molecule has 0 spiro atoms. The molecule has 1 saturated heterocycles. The average Bonchev–Trinajstić information content (AvgIpc) is 3.24. The van der Waals surface area contributed by atoms with Crippen molar-refractivity contribution in [3.63, 3.8) is 0 Å². The highest BCUT2D eigenvalue weighted by Crippen LogP contribution is 2.22. The van der Waals surface area contributed by atoms with E-state index in [1.165, 1.54) is 0 Å². The molecule has 1 atom stereocenters. The van der Waals surface area contributed by atoms with E-state index in [9.17, 15) is 0 Å². The molecule has 1 fully saturated rings. The Morgan fingerprint density at radius 2 is 2.16 bits per heavy atom. The Hall–Kier alpha value is -0.830.